The molecule has 0 unspecified atom stereocenters. The molecule has 1 N–H and O–H groups in total. The van der Waals surface area contributed by atoms with E-state index in [9.17, 15) is 13.2 Å². The molecule has 0 aliphatic heterocycles. The predicted octanol–water partition coefficient (Wildman–Crippen LogP) is 7.93. The molecule has 1 aromatic heterocycles. The highest BCUT2D eigenvalue weighted by Gasteiger charge is 2.30. The molecule has 1 heterocycles. The van der Waals surface area contributed by atoms with Gasteiger partial charge in [0.05, 0.1) is 11.1 Å². The lowest BCUT2D eigenvalue weighted by Crippen LogP contribution is -2.04. The monoisotopic (exact) mass is 442 g/mol. The van der Waals surface area contributed by atoms with Gasteiger partial charge in [0.15, 0.2) is 0 Å². The summed E-state index contributed by atoms with van der Waals surface area (Å²) in [6.45, 7) is 0.702. The van der Waals surface area contributed by atoms with Crippen molar-refractivity contribution >= 4 is 16.6 Å². The molecule has 5 heteroatoms. The summed E-state index contributed by atoms with van der Waals surface area (Å²) < 4.78 is 40.9. The number of nitrogens with one attached hydrogen (secondary N) is 1. The van der Waals surface area contributed by atoms with E-state index in [2.05, 4.69) is 28.1 Å². The summed E-state index contributed by atoms with van der Waals surface area (Å²) in [6, 6.07) is 31.6. The van der Waals surface area contributed by atoms with E-state index in [0.29, 0.717) is 6.54 Å². The second-order valence-corrected chi connectivity index (χ2v) is 7.89. The molecule has 0 bridgehead atoms. The van der Waals surface area contributed by atoms with Crippen molar-refractivity contribution in [2.75, 3.05) is 5.32 Å². The Bertz CT molecular complexity index is 1380. The summed E-state index contributed by atoms with van der Waals surface area (Å²) in [5.41, 5.74) is 5.26. The Hall–Kier alpha value is -3.99. The van der Waals surface area contributed by atoms with Gasteiger partial charge in [-0.05, 0) is 65.2 Å². The third-order valence-electron chi connectivity index (χ3n) is 5.72. The van der Waals surface area contributed by atoms with Gasteiger partial charge >= 0.3 is 6.18 Å². The zero-order chi connectivity index (χ0) is 22.8. The normalized spacial score (nSPS) is 11.6. The lowest BCUT2D eigenvalue weighted by Gasteiger charge is -2.11. The first-order valence-corrected chi connectivity index (χ1v) is 10.6. The molecule has 0 radical (unpaired) electrons. The van der Waals surface area contributed by atoms with Crippen LogP contribution in [0.3, 0.4) is 0 Å². The second kappa shape index (κ2) is 8.51. The fourth-order valence-corrected chi connectivity index (χ4v) is 4.06. The molecule has 0 spiro atoms. The quantitative estimate of drug-likeness (QED) is 0.292. The SMILES string of the molecule is FC(F)(F)c1ccc(-c2cccc3c2ccn3-c2cccc(CNc3ccccc3)c2)cc1. The summed E-state index contributed by atoms with van der Waals surface area (Å²) in [6.07, 6.45) is -2.34. The number of benzene rings is 4. The van der Waals surface area contributed by atoms with Gasteiger partial charge in [-0.25, -0.2) is 0 Å². The molecule has 5 aromatic rings. The maximum atomic E-state index is 12.9. The van der Waals surface area contributed by atoms with Crippen molar-refractivity contribution in [3.05, 3.63) is 120 Å². The molecule has 0 saturated heterocycles. The Kier molecular flexibility index (Phi) is 5.38. The number of nitrogens with zero attached hydrogens (tertiary/aromatic N) is 1. The van der Waals surface area contributed by atoms with Crippen LogP contribution in [-0.4, -0.2) is 4.57 Å². The van der Waals surface area contributed by atoms with Gasteiger partial charge in [-0.2, -0.15) is 13.2 Å². The minimum atomic E-state index is -4.34. The van der Waals surface area contributed by atoms with E-state index in [1.807, 2.05) is 66.9 Å². The first kappa shape index (κ1) is 20.9. The Morgan fingerprint density at radius 2 is 1.48 bits per heavy atom. The third kappa shape index (κ3) is 4.35. The molecule has 0 aliphatic rings. The van der Waals surface area contributed by atoms with Gasteiger partial charge in [-0.15, -0.1) is 0 Å². The number of alkyl halides is 3. The number of para-hydroxylation sites is 1. The van der Waals surface area contributed by atoms with Crippen molar-refractivity contribution in [3.63, 3.8) is 0 Å². The van der Waals surface area contributed by atoms with E-state index < -0.39 is 11.7 Å². The molecule has 4 aromatic carbocycles. The highest BCUT2D eigenvalue weighted by molar-refractivity contribution is 5.96. The summed E-state index contributed by atoms with van der Waals surface area (Å²) in [5, 5.41) is 4.42. The third-order valence-corrected chi connectivity index (χ3v) is 5.72. The molecular weight excluding hydrogens is 421 g/mol. The van der Waals surface area contributed by atoms with Crippen LogP contribution in [0.4, 0.5) is 18.9 Å². The summed E-state index contributed by atoms with van der Waals surface area (Å²) >= 11 is 0. The van der Waals surface area contributed by atoms with Crippen LogP contribution in [0.5, 0.6) is 0 Å². The number of rotatable bonds is 5. The number of halogens is 3. The van der Waals surface area contributed by atoms with Crippen LogP contribution in [-0.2, 0) is 12.7 Å². The average molecular weight is 442 g/mol. The Balaban J connectivity index is 1.46. The van der Waals surface area contributed by atoms with Gasteiger partial charge in [0, 0.05) is 29.5 Å². The Labute approximate surface area is 189 Å². The van der Waals surface area contributed by atoms with Crippen molar-refractivity contribution in [1.29, 1.82) is 0 Å². The van der Waals surface area contributed by atoms with Crippen molar-refractivity contribution in [3.8, 4) is 16.8 Å². The smallest absolute Gasteiger partial charge is 0.381 e. The standard InChI is InChI=1S/C28H21F3N2/c29-28(30,31)22-14-12-21(13-15-22)25-10-5-11-27-26(25)16-17-33(27)24-9-4-6-20(18-24)19-32-23-7-2-1-3-8-23/h1-18,32H,19H2. The number of fused-ring (bicyclic) bond motifs is 1. The Morgan fingerprint density at radius 1 is 0.727 bits per heavy atom. The summed E-state index contributed by atoms with van der Waals surface area (Å²) in [5.74, 6) is 0. The second-order valence-electron chi connectivity index (χ2n) is 7.89. The topological polar surface area (TPSA) is 17.0 Å². The zero-order valence-corrected chi connectivity index (χ0v) is 17.7. The predicted molar refractivity (Wildman–Crippen MR) is 127 cm³/mol. The van der Waals surface area contributed by atoms with Crippen LogP contribution in [0.2, 0.25) is 0 Å². The van der Waals surface area contributed by atoms with Crippen LogP contribution in [0, 0.1) is 0 Å². The molecule has 0 saturated carbocycles. The largest absolute Gasteiger partial charge is 0.416 e. The molecular formula is C28H21F3N2. The van der Waals surface area contributed by atoms with Gasteiger partial charge in [-0.1, -0.05) is 54.6 Å². The maximum absolute atomic E-state index is 12.9. The van der Waals surface area contributed by atoms with Gasteiger partial charge in [0.1, 0.15) is 0 Å². The number of hydrogen-bond acceptors (Lipinski definition) is 1. The first-order valence-electron chi connectivity index (χ1n) is 10.6. The van der Waals surface area contributed by atoms with E-state index in [1.165, 1.54) is 12.1 Å². The summed E-state index contributed by atoms with van der Waals surface area (Å²) in [7, 11) is 0. The van der Waals surface area contributed by atoms with E-state index in [4.69, 9.17) is 0 Å². The zero-order valence-electron chi connectivity index (χ0n) is 17.7. The molecule has 0 fully saturated rings. The molecule has 5 rings (SSSR count). The minimum absolute atomic E-state index is 0.642. The van der Waals surface area contributed by atoms with Gasteiger partial charge in [0.2, 0.25) is 0 Å². The van der Waals surface area contributed by atoms with E-state index in [-0.39, 0.29) is 0 Å². The van der Waals surface area contributed by atoms with Gasteiger partial charge < -0.3 is 9.88 Å². The lowest BCUT2D eigenvalue weighted by molar-refractivity contribution is -0.137. The first-order chi connectivity index (χ1) is 16.0. The van der Waals surface area contributed by atoms with E-state index >= 15 is 0 Å². The van der Waals surface area contributed by atoms with Crippen LogP contribution in [0.25, 0.3) is 27.7 Å². The van der Waals surface area contributed by atoms with Crippen molar-refractivity contribution < 1.29 is 13.2 Å². The fourth-order valence-electron chi connectivity index (χ4n) is 4.06. The van der Waals surface area contributed by atoms with E-state index in [0.717, 1.165) is 51.1 Å². The van der Waals surface area contributed by atoms with Crippen molar-refractivity contribution in [2.24, 2.45) is 0 Å². The average Bonchev–Trinajstić information content (AvgIpc) is 3.28. The molecule has 0 atom stereocenters. The number of anilines is 1. The van der Waals surface area contributed by atoms with Crippen LogP contribution >= 0.6 is 0 Å². The molecule has 0 amide bonds. The highest BCUT2D eigenvalue weighted by atomic mass is 19.4. The maximum Gasteiger partial charge on any atom is 0.416 e. The fraction of sp³-hybridized carbons (Fsp3) is 0.0714. The molecule has 33 heavy (non-hydrogen) atoms. The van der Waals surface area contributed by atoms with Crippen molar-refractivity contribution in [2.45, 2.75) is 12.7 Å². The minimum Gasteiger partial charge on any atom is -0.381 e. The van der Waals surface area contributed by atoms with Gasteiger partial charge in [0.25, 0.3) is 0 Å². The highest BCUT2D eigenvalue weighted by Crippen LogP contribution is 2.34. The summed E-state index contributed by atoms with van der Waals surface area (Å²) in [4.78, 5) is 0. The van der Waals surface area contributed by atoms with E-state index in [1.54, 1.807) is 0 Å². The molecule has 0 aliphatic carbocycles. The van der Waals surface area contributed by atoms with Crippen LogP contribution in [0.1, 0.15) is 11.1 Å². The van der Waals surface area contributed by atoms with Crippen LogP contribution in [0.15, 0.2) is 109 Å². The number of hydrogen-bond donors (Lipinski definition) is 1. The lowest BCUT2D eigenvalue weighted by atomic mass is 10.0. The molecule has 2 nitrogen and oxygen atoms in total. The Morgan fingerprint density at radius 3 is 2.24 bits per heavy atom. The van der Waals surface area contributed by atoms with Crippen LogP contribution < -0.4 is 5.32 Å². The van der Waals surface area contributed by atoms with Crippen molar-refractivity contribution in [1.82, 2.24) is 4.57 Å². The number of aromatic nitrogens is 1. The molecule has 164 valence electrons. The van der Waals surface area contributed by atoms with Gasteiger partial charge in [-0.3, -0.25) is 0 Å².